The predicted molar refractivity (Wildman–Crippen MR) is 130 cm³/mol. The van der Waals surface area contributed by atoms with Gasteiger partial charge >= 0.3 is 5.97 Å². The van der Waals surface area contributed by atoms with E-state index >= 15 is 0 Å². The Morgan fingerprint density at radius 3 is 2.47 bits per heavy atom. The fourth-order valence-corrected chi connectivity index (χ4v) is 4.09. The Balaban J connectivity index is 1.90. The topological polar surface area (TPSA) is 116 Å². The summed E-state index contributed by atoms with van der Waals surface area (Å²) in [4.78, 5) is 39.9. The van der Waals surface area contributed by atoms with Crippen LogP contribution in [0.5, 0.6) is 11.5 Å². The molecule has 9 heteroatoms. The van der Waals surface area contributed by atoms with E-state index in [1.165, 1.54) is 30.4 Å². The molecule has 2 aromatic carbocycles. The molecule has 4 rings (SSSR count). The fourth-order valence-electron chi connectivity index (χ4n) is 4.09. The van der Waals surface area contributed by atoms with E-state index in [-0.39, 0.29) is 33.9 Å². The first kappa shape index (κ1) is 24.6. The van der Waals surface area contributed by atoms with Crippen molar-refractivity contribution < 1.29 is 38.1 Å². The molecule has 186 valence electrons. The number of esters is 1. The number of carbonyl (C=O) groups excluding carboxylic acids is 3. The van der Waals surface area contributed by atoms with Crippen molar-refractivity contribution in [1.82, 2.24) is 0 Å². The van der Waals surface area contributed by atoms with Crippen LogP contribution >= 0.6 is 0 Å². The zero-order valence-corrected chi connectivity index (χ0v) is 20.0. The molecule has 0 spiro atoms. The van der Waals surface area contributed by atoms with Crippen LogP contribution in [-0.4, -0.2) is 43.1 Å². The minimum Gasteiger partial charge on any atom is -0.507 e. The summed E-state index contributed by atoms with van der Waals surface area (Å²) in [6.07, 6.45) is 1.41. The number of hydrogen-bond donors (Lipinski definition) is 1. The third kappa shape index (κ3) is 4.43. The van der Waals surface area contributed by atoms with Crippen molar-refractivity contribution >= 4 is 29.1 Å². The van der Waals surface area contributed by atoms with E-state index in [1.807, 2.05) is 6.92 Å². The minimum atomic E-state index is -1.09. The molecule has 3 aromatic rings. The summed E-state index contributed by atoms with van der Waals surface area (Å²) in [6.45, 7) is 4.36. The summed E-state index contributed by atoms with van der Waals surface area (Å²) < 4.78 is 21.6. The van der Waals surface area contributed by atoms with E-state index in [0.717, 1.165) is 0 Å². The van der Waals surface area contributed by atoms with Gasteiger partial charge in [-0.05, 0) is 56.3 Å². The average molecular weight is 491 g/mol. The number of nitrogens with zero attached hydrogens (tertiary/aromatic N) is 1. The van der Waals surface area contributed by atoms with E-state index in [9.17, 15) is 19.5 Å². The maximum absolute atomic E-state index is 13.3. The number of ether oxygens (including phenoxy) is 3. The zero-order valence-electron chi connectivity index (χ0n) is 20.0. The van der Waals surface area contributed by atoms with E-state index in [2.05, 4.69) is 0 Å². The van der Waals surface area contributed by atoms with Crippen molar-refractivity contribution in [2.45, 2.75) is 19.9 Å². The van der Waals surface area contributed by atoms with Gasteiger partial charge < -0.3 is 23.7 Å². The van der Waals surface area contributed by atoms with E-state index in [1.54, 1.807) is 49.4 Å². The van der Waals surface area contributed by atoms with Gasteiger partial charge in [-0.1, -0.05) is 6.07 Å². The molecule has 1 unspecified atom stereocenters. The van der Waals surface area contributed by atoms with Gasteiger partial charge in [0.2, 0.25) is 0 Å². The monoisotopic (exact) mass is 491 g/mol. The van der Waals surface area contributed by atoms with Crippen molar-refractivity contribution in [2.75, 3.05) is 25.2 Å². The Morgan fingerprint density at radius 2 is 1.81 bits per heavy atom. The van der Waals surface area contributed by atoms with Gasteiger partial charge in [-0.2, -0.15) is 0 Å². The summed E-state index contributed by atoms with van der Waals surface area (Å²) in [5.41, 5.74) is 0.499. The minimum absolute atomic E-state index is 0.177. The lowest BCUT2D eigenvalue weighted by molar-refractivity contribution is -0.132. The maximum atomic E-state index is 13.3. The standard InChI is InChI=1S/C27H25NO8/c1-4-34-18-11-12-19(21(15-18)35-5-2)24(29)22-23(20-10-7-13-36-20)28(26(31)25(22)30)17-9-6-8-16(14-17)27(32)33-3/h6-15,23,29H,4-5H2,1-3H3/b24-22-. The molecular weight excluding hydrogens is 466 g/mol. The number of furan rings is 1. The van der Waals surface area contributed by atoms with Gasteiger partial charge in [0, 0.05) is 11.8 Å². The Labute approximate surface area is 207 Å². The molecular formula is C27H25NO8. The predicted octanol–water partition coefficient (Wildman–Crippen LogP) is 4.49. The molecule has 36 heavy (non-hydrogen) atoms. The Morgan fingerprint density at radius 1 is 1.03 bits per heavy atom. The lowest BCUT2D eigenvalue weighted by Crippen LogP contribution is -2.29. The van der Waals surface area contributed by atoms with Crippen LogP contribution in [0.1, 0.15) is 41.6 Å². The van der Waals surface area contributed by atoms with Gasteiger partial charge in [0.05, 0.1) is 43.3 Å². The van der Waals surface area contributed by atoms with Crippen LogP contribution in [0.4, 0.5) is 5.69 Å². The van der Waals surface area contributed by atoms with Crippen LogP contribution in [0, 0.1) is 0 Å². The Bertz CT molecular complexity index is 1330. The van der Waals surface area contributed by atoms with E-state index in [4.69, 9.17) is 18.6 Å². The highest BCUT2D eigenvalue weighted by atomic mass is 16.5. The summed E-state index contributed by atoms with van der Waals surface area (Å²) >= 11 is 0. The van der Waals surface area contributed by atoms with Crippen LogP contribution in [-0.2, 0) is 14.3 Å². The smallest absolute Gasteiger partial charge is 0.337 e. The fraction of sp³-hybridized carbons (Fsp3) is 0.222. The molecule has 1 fully saturated rings. The number of amides is 1. The van der Waals surface area contributed by atoms with Crippen LogP contribution < -0.4 is 14.4 Å². The largest absolute Gasteiger partial charge is 0.507 e. The molecule has 1 amide bonds. The van der Waals surface area contributed by atoms with Crippen LogP contribution in [0.2, 0.25) is 0 Å². The number of benzene rings is 2. The van der Waals surface area contributed by atoms with Gasteiger partial charge in [-0.3, -0.25) is 14.5 Å². The number of methoxy groups -OCH3 is 1. The third-order valence-corrected chi connectivity index (χ3v) is 5.62. The normalized spacial score (nSPS) is 16.8. The molecule has 0 saturated carbocycles. The zero-order chi connectivity index (χ0) is 25.8. The van der Waals surface area contributed by atoms with Gasteiger partial charge in [0.15, 0.2) is 0 Å². The molecule has 0 bridgehead atoms. The summed E-state index contributed by atoms with van der Waals surface area (Å²) in [5, 5.41) is 11.4. The van der Waals surface area contributed by atoms with Gasteiger partial charge in [0.25, 0.3) is 11.7 Å². The van der Waals surface area contributed by atoms with Gasteiger partial charge in [-0.25, -0.2) is 4.79 Å². The second kappa shape index (κ2) is 10.4. The number of ketones is 1. The number of hydrogen-bond acceptors (Lipinski definition) is 8. The quantitative estimate of drug-likeness (QED) is 0.212. The Hall–Kier alpha value is -4.53. The SMILES string of the molecule is CCOc1ccc(/C(O)=C2/C(=O)C(=O)N(c3cccc(C(=O)OC)c3)C2c2ccco2)c(OCC)c1. The Kier molecular flexibility index (Phi) is 7.10. The van der Waals surface area contributed by atoms with E-state index < -0.39 is 29.5 Å². The lowest BCUT2D eigenvalue weighted by Gasteiger charge is -2.24. The van der Waals surface area contributed by atoms with Crippen molar-refractivity contribution in [1.29, 1.82) is 0 Å². The number of aliphatic hydroxyl groups is 1. The van der Waals surface area contributed by atoms with Gasteiger partial charge in [0.1, 0.15) is 29.1 Å². The lowest BCUT2D eigenvalue weighted by atomic mass is 9.98. The molecule has 2 heterocycles. The highest BCUT2D eigenvalue weighted by molar-refractivity contribution is 6.51. The van der Waals surface area contributed by atoms with Crippen LogP contribution in [0.25, 0.3) is 5.76 Å². The molecule has 1 saturated heterocycles. The number of anilines is 1. The number of Topliss-reactive ketones (excluding diaryl/α,β-unsaturated/α-hetero) is 1. The van der Waals surface area contributed by atoms with Crippen LogP contribution in [0.15, 0.2) is 70.9 Å². The van der Waals surface area contributed by atoms with Crippen LogP contribution in [0.3, 0.4) is 0 Å². The first-order valence-electron chi connectivity index (χ1n) is 11.3. The molecule has 1 N–H and O–H groups in total. The second-order valence-corrected chi connectivity index (χ2v) is 7.75. The van der Waals surface area contributed by atoms with Gasteiger partial charge in [-0.15, -0.1) is 0 Å². The number of aliphatic hydroxyl groups excluding tert-OH is 1. The van der Waals surface area contributed by atoms with Crippen molar-refractivity contribution in [2.24, 2.45) is 0 Å². The molecule has 0 radical (unpaired) electrons. The maximum Gasteiger partial charge on any atom is 0.337 e. The molecule has 1 atom stereocenters. The van der Waals surface area contributed by atoms with Crippen molar-refractivity contribution in [3.63, 3.8) is 0 Å². The van der Waals surface area contributed by atoms with E-state index in [0.29, 0.717) is 19.0 Å². The van der Waals surface area contributed by atoms with Crippen molar-refractivity contribution in [3.8, 4) is 11.5 Å². The molecule has 1 aliphatic rings. The highest BCUT2D eigenvalue weighted by Gasteiger charge is 2.48. The highest BCUT2D eigenvalue weighted by Crippen LogP contribution is 2.44. The molecule has 9 nitrogen and oxygen atoms in total. The van der Waals surface area contributed by atoms with Crippen molar-refractivity contribution in [3.05, 3.63) is 83.3 Å². The third-order valence-electron chi connectivity index (χ3n) is 5.62. The first-order chi connectivity index (χ1) is 17.4. The molecule has 0 aliphatic carbocycles. The molecule has 1 aliphatic heterocycles. The average Bonchev–Trinajstić information content (AvgIpc) is 3.50. The first-order valence-corrected chi connectivity index (χ1v) is 11.3. The summed E-state index contributed by atoms with van der Waals surface area (Å²) in [5.74, 6) is -1.74. The number of carbonyl (C=O) groups is 3. The molecule has 1 aromatic heterocycles. The number of rotatable bonds is 8. The summed E-state index contributed by atoms with van der Waals surface area (Å²) in [7, 11) is 1.25. The summed E-state index contributed by atoms with van der Waals surface area (Å²) in [6, 6.07) is 13.1. The second-order valence-electron chi connectivity index (χ2n) is 7.75.